The molecule has 4 heterocycles. The first-order valence-electron chi connectivity index (χ1n) is 16.4. The predicted molar refractivity (Wildman–Crippen MR) is 189 cm³/mol. The second-order valence-corrected chi connectivity index (χ2v) is 23.9. The summed E-state index contributed by atoms with van der Waals surface area (Å²) >= 11 is 6.28. The van der Waals surface area contributed by atoms with Gasteiger partial charge in [0, 0.05) is 31.6 Å². The number of piperazine rings is 1. The van der Waals surface area contributed by atoms with Crippen molar-refractivity contribution >= 4 is 47.0 Å². The van der Waals surface area contributed by atoms with Crippen molar-refractivity contribution in [2.24, 2.45) is 5.41 Å². The van der Waals surface area contributed by atoms with E-state index in [0.717, 1.165) is 30.6 Å². The molecule has 2 saturated heterocycles. The summed E-state index contributed by atoms with van der Waals surface area (Å²) in [6, 6.07) is 7.30. The fourth-order valence-corrected chi connectivity index (χ4v) is 10.7. The first-order chi connectivity index (χ1) is 21.5. The summed E-state index contributed by atoms with van der Waals surface area (Å²) in [5.41, 5.74) is 0.0503. The van der Waals surface area contributed by atoms with Crippen molar-refractivity contribution in [3.8, 4) is 0 Å². The van der Waals surface area contributed by atoms with E-state index in [2.05, 4.69) is 57.0 Å². The number of nitrogens with zero attached hydrogens (tertiary/aromatic N) is 4. The molecule has 2 aliphatic rings. The number of likely N-dealkylation sites (tertiary alicyclic amines) is 1. The number of fused-ring (bicyclic) bond motifs is 3. The van der Waals surface area contributed by atoms with Gasteiger partial charge in [-0.1, -0.05) is 53.1 Å². The molecule has 3 aromatic rings. The molecule has 2 fully saturated rings. The van der Waals surface area contributed by atoms with Crippen molar-refractivity contribution in [3.05, 3.63) is 58.8 Å². The number of rotatable bonds is 8. The average Bonchev–Trinajstić information content (AvgIpc) is 3.41. The Morgan fingerprint density at radius 2 is 1.64 bits per heavy atom. The van der Waals surface area contributed by atoms with Gasteiger partial charge in [-0.05, 0) is 80.6 Å². The number of carbonyl (C=O) groups excluding carboxylic acids is 1. The van der Waals surface area contributed by atoms with Crippen molar-refractivity contribution in [3.63, 3.8) is 0 Å². The Morgan fingerprint density at radius 3 is 2.19 bits per heavy atom. The number of benzene rings is 1. The van der Waals surface area contributed by atoms with Crippen molar-refractivity contribution in [2.45, 2.75) is 115 Å². The molecule has 0 N–H and O–H groups in total. The van der Waals surface area contributed by atoms with Crippen LogP contribution in [-0.2, 0) is 20.7 Å². The average molecular weight is 705 g/mol. The summed E-state index contributed by atoms with van der Waals surface area (Å²) in [4.78, 5) is 22.8. The number of amides is 1. The molecule has 0 spiro atoms. The second kappa shape index (κ2) is 12.1. The minimum absolute atomic E-state index is 0.0115. The first kappa shape index (κ1) is 35.8. The van der Waals surface area contributed by atoms with Crippen molar-refractivity contribution in [1.82, 2.24) is 14.3 Å². The number of pyridine rings is 1. The Kier molecular flexibility index (Phi) is 9.25. The number of aromatic nitrogens is 2. The van der Waals surface area contributed by atoms with Gasteiger partial charge >= 0.3 is 0 Å². The smallest absolute Gasteiger partial charge is 0.255 e. The third-order valence-corrected chi connectivity index (χ3v) is 16.9. The Hall–Kier alpha value is -2.47. The molecule has 47 heavy (non-hydrogen) atoms. The number of sulfone groups is 1. The largest absolute Gasteiger partial charge is 0.411 e. The zero-order valence-electron chi connectivity index (χ0n) is 29.4. The highest BCUT2D eigenvalue weighted by Gasteiger charge is 2.45. The first-order valence-corrected chi connectivity index (χ1v) is 21.4. The van der Waals surface area contributed by atoms with Gasteiger partial charge in [-0.3, -0.25) is 9.20 Å². The van der Waals surface area contributed by atoms with Crippen LogP contribution >= 0.6 is 11.6 Å². The van der Waals surface area contributed by atoms with Crippen LogP contribution in [0.2, 0.25) is 23.2 Å². The maximum absolute atomic E-state index is 13.8. The minimum atomic E-state index is -3.62. The van der Waals surface area contributed by atoms with Gasteiger partial charge in [0.25, 0.3) is 5.91 Å². The number of hydrogen-bond donors (Lipinski definition) is 0. The minimum Gasteiger partial charge on any atom is -0.411 e. The molecule has 12 heteroatoms. The van der Waals surface area contributed by atoms with Crippen molar-refractivity contribution in [2.75, 3.05) is 23.7 Å². The maximum atomic E-state index is 13.8. The van der Waals surface area contributed by atoms with Crippen LogP contribution in [0.25, 0.3) is 5.52 Å². The van der Waals surface area contributed by atoms with Gasteiger partial charge in [-0.2, -0.15) is 0 Å². The fourth-order valence-electron chi connectivity index (χ4n) is 6.84. The maximum Gasteiger partial charge on any atom is 0.255 e. The summed E-state index contributed by atoms with van der Waals surface area (Å²) in [5.74, 6) is 0.860. The lowest BCUT2D eigenvalue weighted by Crippen LogP contribution is -2.56. The standard InChI is InChI=1S/C35H50ClFN4O4SSi/c1-33(2,3)22-46(43,44)27-16-26-19-38-30(18-35(7,8)45-47(9,10)34(4,5)6)41(26)31(17-27)40-24-12-13-25(40)21-39(20-24)32(42)28-14-11-23(37)15-29(28)36/h11,14-17,19,24-25H,12-13,18,20-22H2,1-10H3. The number of imidazole rings is 1. The Morgan fingerprint density at radius 1 is 1.02 bits per heavy atom. The number of halogens is 2. The molecule has 2 aliphatic heterocycles. The molecule has 1 amide bonds. The van der Waals surface area contributed by atoms with Gasteiger partial charge in [0.2, 0.25) is 0 Å². The van der Waals surface area contributed by atoms with Crippen LogP contribution < -0.4 is 4.90 Å². The summed E-state index contributed by atoms with van der Waals surface area (Å²) in [6.07, 6.45) is 3.98. The van der Waals surface area contributed by atoms with E-state index in [9.17, 15) is 17.6 Å². The van der Waals surface area contributed by atoms with E-state index in [1.165, 1.54) is 12.1 Å². The summed E-state index contributed by atoms with van der Waals surface area (Å²) < 4.78 is 50.3. The number of hydrogen-bond acceptors (Lipinski definition) is 6. The molecule has 1 aromatic carbocycles. The van der Waals surface area contributed by atoms with E-state index >= 15 is 0 Å². The number of carbonyl (C=O) groups is 1. The molecule has 2 bridgehead atoms. The molecule has 0 saturated carbocycles. The lowest BCUT2D eigenvalue weighted by Gasteiger charge is -2.43. The third-order valence-electron chi connectivity index (χ3n) is 9.75. The van der Waals surface area contributed by atoms with Crippen LogP contribution in [-0.4, -0.2) is 73.5 Å². The zero-order valence-corrected chi connectivity index (χ0v) is 32.0. The Labute approximate surface area is 285 Å². The van der Waals surface area contributed by atoms with Crippen LogP contribution in [0.15, 0.2) is 41.4 Å². The molecular formula is C35H50ClFN4O4SSi. The highest BCUT2D eigenvalue weighted by molar-refractivity contribution is 7.91. The molecule has 0 radical (unpaired) electrons. The molecule has 2 atom stereocenters. The summed E-state index contributed by atoms with van der Waals surface area (Å²) in [7, 11) is -5.72. The summed E-state index contributed by atoms with van der Waals surface area (Å²) in [6.45, 7) is 22.0. The predicted octanol–water partition coefficient (Wildman–Crippen LogP) is 7.78. The Balaban J connectivity index is 1.56. The third kappa shape index (κ3) is 7.43. The molecule has 258 valence electrons. The van der Waals surface area contributed by atoms with Gasteiger partial charge in [0.15, 0.2) is 18.2 Å². The van der Waals surface area contributed by atoms with Crippen molar-refractivity contribution in [1.29, 1.82) is 0 Å². The monoisotopic (exact) mass is 704 g/mol. The van der Waals surface area contributed by atoms with E-state index in [-0.39, 0.29) is 44.3 Å². The van der Waals surface area contributed by atoms with Crippen molar-refractivity contribution < 1.29 is 22.0 Å². The van der Waals surface area contributed by atoms with Crippen LogP contribution in [0.5, 0.6) is 0 Å². The fraction of sp³-hybridized carbons (Fsp3) is 0.600. The van der Waals surface area contributed by atoms with Gasteiger partial charge in [0.1, 0.15) is 17.5 Å². The summed E-state index contributed by atoms with van der Waals surface area (Å²) in [5, 5.41) is 0.128. The number of anilines is 1. The van der Waals surface area contributed by atoms with E-state index < -0.39 is 35.0 Å². The molecule has 0 aliphatic carbocycles. The van der Waals surface area contributed by atoms with E-state index in [1.807, 2.05) is 20.8 Å². The highest BCUT2D eigenvalue weighted by atomic mass is 35.5. The molecule has 5 rings (SSSR count). The van der Waals surface area contributed by atoms with Gasteiger partial charge in [-0.25, -0.2) is 17.8 Å². The lowest BCUT2D eigenvalue weighted by atomic mass is 10.0. The van der Waals surface area contributed by atoms with Crippen LogP contribution in [0.1, 0.15) is 84.4 Å². The lowest BCUT2D eigenvalue weighted by molar-refractivity contribution is 0.0716. The molecular weight excluding hydrogens is 655 g/mol. The molecule has 2 unspecified atom stereocenters. The van der Waals surface area contributed by atoms with Gasteiger partial charge in [-0.15, -0.1) is 0 Å². The van der Waals surface area contributed by atoms with E-state index in [1.54, 1.807) is 23.2 Å². The van der Waals surface area contributed by atoms with E-state index in [0.29, 0.717) is 25.0 Å². The molecule has 2 aromatic heterocycles. The normalized spacial score (nSPS) is 19.6. The van der Waals surface area contributed by atoms with Crippen LogP contribution in [0, 0.1) is 11.2 Å². The topological polar surface area (TPSA) is 84.2 Å². The zero-order chi connectivity index (χ0) is 34.9. The SMILES string of the molecule is CC(C)(C)CS(=O)(=O)c1cc(N2C3CCC2CN(C(=O)c2ccc(F)cc2Cl)C3)n2c(CC(C)(C)O[Si](C)(C)C(C)(C)C)ncc2c1. The van der Waals surface area contributed by atoms with Crippen LogP contribution in [0.4, 0.5) is 10.2 Å². The van der Waals surface area contributed by atoms with Gasteiger partial charge in [0.05, 0.1) is 38.5 Å². The van der Waals surface area contributed by atoms with Gasteiger partial charge < -0.3 is 14.2 Å². The quantitative estimate of drug-likeness (QED) is 0.223. The van der Waals surface area contributed by atoms with E-state index in [4.69, 9.17) is 21.0 Å². The molecule has 8 nitrogen and oxygen atoms in total. The van der Waals surface area contributed by atoms with Crippen LogP contribution in [0.3, 0.4) is 0 Å². The second-order valence-electron chi connectivity index (χ2n) is 16.7. The highest BCUT2D eigenvalue weighted by Crippen LogP contribution is 2.41. The Bertz CT molecular complexity index is 1780.